The third-order valence-corrected chi connectivity index (χ3v) is 2.51. The summed E-state index contributed by atoms with van der Waals surface area (Å²) in [5.74, 6) is -0.166. The lowest BCUT2D eigenvalue weighted by atomic mass is 10.5. The van der Waals surface area contributed by atoms with Crippen LogP contribution in [0.1, 0.15) is 10.8 Å². The van der Waals surface area contributed by atoms with Gasteiger partial charge in [0.05, 0.1) is 5.01 Å². The first-order valence-electron chi connectivity index (χ1n) is 3.83. The first kappa shape index (κ1) is 8.89. The molecule has 0 fully saturated rings. The van der Waals surface area contributed by atoms with Gasteiger partial charge in [-0.15, -0.1) is 0 Å². The highest BCUT2D eigenvalue weighted by atomic mass is 32.1. The maximum Gasteiger partial charge on any atom is 0.278 e. The van der Waals surface area contributed by atoms with Gasteiger partial charge in [-0.05, 0) is 6.92 Å². The molecule has 0 amide bonds. The number of aromatic nitrogens is 3. The molecule has 2 aromatic rings. The smallest absolute Gasteiger partial charge is 0.278 e. The third-order valence-electron chi connectivity index (χ3n) is 1.65. The van der Waals surface area contributed by atoms with Crippen LogP contribution < -0.4 is 5.56 Å². The quantitative estimate of drug-likeness (QED) is 0.692. The van der Waals surface area contributed by atoms with Gasteiger partial charge in [0.2, 0.25) is 0 Å². The number of nitrogens with zero attached hydrogens (tertiary/aromatic N) is 2. The van der Waals surface area contributed by atoms with Crippen molar-refractivity contribution in [3.05, 3.63) is 27.8 Å². The summed E-state index contributed by atoms with van der Waals surface area (Å²) in [5, 5.41) is 9.83. The third kappa shape index (κ3) is 1.29. The van der Waals surface area contributed by atoms with Crippen molar-refractivity contribution in [1.82, 2.24) is 15.0 Å². The molecule has 0 aromatic carbocycles. The van der Waals surface area contributed by atoms with Gasteiger partial charge in [-0.3, -0.25) is 4.79 Å². The molecule has 72 valence electrons. The van der Waals surface area contributed by atoms with Crippen LogP contribution >= 0.6 is 11.3 Å². The minimum Gasteiger partial charge on any atom is -0.505 e. The molecule has 0 radical (unpaired) electrons. The summed E-state index contributed by atoms with van der Waals surface area (Å²) < 4.78 is 0. The molecule has 2 heterocycles. The highest BCUT2D eigenvalue weighted by molar-refractivity contribution is 7.18. The van der Waals surface area contributed by atoms with E-state index >= 15 is 0 Å². The Bertz CT molecular complexity index is 569. The zero-order valence-electron chi connectivity index (χ0n) is 7.37. The molecule has 0 saturated carbocycles. The summed E-state index contributed by atoms with van der Waals surface area (Å²) in [4.78, 5) is 22.3. The zero-order chi connectivity index (χ0) is 10.3. The zero-order valence-corrected chi connectivity index (χ0v) is 8.18. The van der Waals surface area contributed by atoms with Crippen molar-refractivity contribution in [2.75, 3.05) is 0 Å². The molecule has 14 heavy (non-hydrogen) atoms. The number of fused-ring (bicyclic) bond motifs is 1. The van der Waals surface area contributed by atoms with Gasteiger partial charge in [0, 0.05) is 0 Å². The van der Waals surface area contributed by atoms with Crippen LogP contribution in [0.25, 0.3) is 16.1 Å². The van der Waals surface area contributed by atoms with Crippen molar-refractivity contribution in [2.24, 2.45) is 0 Å². The Morgan fingerprint density at radius 1 is 1.57 bits per heavy atom. The van der Waals surface area contributed by atoms with E-state index in [1.54, 1.807) is 6.92 Å². The van der Waals surface area contributed by atoms with E-state index in [1.165, 1.54) is 11.3 Å². The van der Waals surface area contributed by atoms with E-state index < -0.39 is 0 Å². The Balaban J connectivity index is 2.84. The standard InChI is InChI=1S/C8H7N3O2S/c1-3(12)6-10-7(13)5-8(11-6)14-4(2)9-5/h12H,1H2,2H3,(H,10,11,13). The highest BCUT2D eigenvalue weighted by Gasteiger charge is 2.09. The fraction of sp³-hybridized carbons (Fsp3) is 0.125. The van der Waals surface area contributed by atoms with Crippen molar-refractivity contribution >= 4 is 27.4 Å². The van der Waals surface area contributed by atoms with Crippen molar-refractivity contribution in [3.63, 3.8) is 0 Å². The van der Waals surface area contributed by atoms with Crippen LogP contribution in [-0.4, -0.2) is 20.1 Å². The Kier molecular flexibility index (Phi) is 1.85. The first-order valence-corrected chi connectivity index (χ1v) is 4.65. The second-order valence-electron chi connectivity index (χ2n) is 2.75. The van der Waals surface area contributed by atoms with E-state index in [2.05, 4.69) is 21.5 Å². The van der Waals surface area contributed by atoms with Crippen molar-refractivity contribution in [2.45, 2.75) is 6.92 Å². The van der Waals surface area contributed by atoms with Gasteiger partial charge >= 0.3 is 0 Å². The Hall–Kier alpha value is -1.69. The molecule has 0 aliphatic rings. The molecule has 0 spiro atoms. The van der Waals surface area contributed by atoms with Gasteiger partial charge in [0.15, 0.2) is 21.9 Å². The van der Waals surface area contributed by atoms with Crippen LogP contribution in [0.5, 0.6) is 0 Å². The summed E-state index contributed by atoms with van der Waals surface area (Å²) >= 11 is 1.30. The number of aliphatic hydroxyl groups excluding tert-OH is 1. The van der Waals surface area contributed by atoms with Crippen molar-refractivity contribution in [1.29, 1.82) is 0 Å². The lowest BCUT2D eigenvalue weighted by Gasteiger charge is -1.95. The molecule has 0 saturated heterocycles. The molecule has 5 nitrogen and oxygen atoms in total. The molecule has 0 unspecified atom stereocenters. The van der Waals surface area contributed by atoms with E-state index in [4.69, 9.17) is 5.11 Å². The molecule has 0 atom stereocenters. The van der Waals surface area contributed by atoms with Crippen LogP contribution in [0.15, 0.2) is 11.4 Å². The summed E-state index contributed by atoms with van der Waals surface area (Å²) in [6, 6.07) is 0. The van der Waals surface area contributed by atoms with Gasteiger partial charge in [0.25, 0.3) is 5.56 Å². The molecule has 2 N–H and O–H groups in total. The van der Waals surface area contributed by atoms with Crippen LogP contribution in [0.3, 0.4) is 0 Å². The maximum absolute atomic E-state index is 11.4. The predicted molar refractivity (Wildman–Crippen MR) is 54.4 cm³/mol. The number of nitrogens with one attached hydrogen (secondary N) is 1. The first-order chi connectivity index (χ1) is 6.58. The van der Waals surface area contributed by atoms with Gasteiger partial charge in [0.1, 0.15) is 0 Å². The van der Waals surface area contributed by atoms with Crippen LogP contribution in [-0.2, 0) is 0 Å². The average molecular weight is 209 g/mol. The number of aliphatic hydroxyl groups is 1. The minimum atomic E-state index is -0.357. The van der Waals surface area contributed by atoms with Crippen LogP contribution in [0.4, 0.5) is 0 Å². The van der Waals surface area contributed by atoms with Gasteiger partial charge in [-0.2, -0.15) is 0 Å². The molecule has 0 aliphatic heterocycles. The second kappa shape index (κ2) is 2.91. The predicted octanol–water partition coefficient (Wildman–Crippen LogP) is 1.22. The lowest BCUT2D eigenvalue weighted by Crippen LogP contribution is -2.10. The number of aromatic amines is 1. The van der Waals surface area contributed by atoms with E-state index in [0.717, 1.165) is 5.01 Å². The normalized spacial score (nSPS) is 10.6. The van der Waals surface area contributed by atoms with Gasteiger partial charge < -0.3 is 10.1 Å². The second-order valence-corrected chi connectivity index (χ2v) is 3.93. The molecule has 2 aromatic heterocycles. The van der Waals surface area contributed by atoms with Gasteiger partial charge in [-0.1, -0.05) is 17.9 Å². The van der Waals surface area contributed by atoms with Crippen LogP contribution in [0.2, 0.25) is 0 Å². The number of H-pyrrole nitrogens is 1. The fourth-order valence-corrected chi connectivity index (χ4v) is 1.86. The lowest BCUT2D eigenvalue weighted by molar-refractivity contribution is 0.507. The monoisotopic (exact) mass is 209 g/mol. The summed E-state index contributed by atoms with van der Waals surface area (Å²) in [6.07, 6.45) is 0. The Labute approximate surface area is 82.8 Å². The topological polar surface area (TPSA) is 78.9 Å². The van der Waals surface area contributed by atoms with Crippen molar-refractivity contribution in [3.8, 4) is 0 Å². The van der Waals surface area contributed by atoms with Gasteiger partial charge in [-0.25, -0.2) is 9.97 Å². The average Bonchev–Trinajstić information content (AvgIpc) is 2.45. The molecule has 6 heteroatoms. The van der Waals surface area contributed by atoms with E-state index in [0.29, 0.717) is 10.3 Å². The molecule has 0 aliphatic carbocycles. The summed E-state index contributed by atoms with van der Waals surface area (Å²) in [6.45, 7) is 5.08. The minimum absolute atomic E-state index is 0.0890. The number of thiazole rings is 1. The van der Waals surface area contributed by atoms with E-state index in [9.17, 15) is 4.79 Å². The number of hydrogen-bond donors (Lipinski definition) is 2. The maximum atomic E-state index is 11.4. The SMILES string of the molecule is C=C(O)c1nc2sc(C)nc2c(=O)[nH]1. The fourth-order valence-electron chi connectivity index (χ4n) is 1.07. The molecule has 2 rings (SSSR count). The van der Waals surface area contributed by atoms with E-state index in [1.807, 2.05) is 0 Å². The highest BCUT2D eigenvalue weighted by Crippen LogP contribution is 2.16. The largest absolute Gasteiger partial charge is 0.505 e. The summed E-state index contributed by atoms with van der Waals surface area (Å²) in [7, 11) is 0. The molecule has 0 bridgehead atoms. The summed E-state index contributed by atoms with van der Waals surface area (Å²) in [5.41, 5.74) is -0.0537. The Morgan fingerprint density at radius 3 is 2.93 bits per heavy atom. The molecular weight excluding hydrogens is 202 g/mol. The Morgan fingerprint density at radius 2 is 2.29 bits per heavy atom. The van der Waals surface area contributed by atoms with Crippen molar-refractivity contribution < 1.29 is 5.11 Å². The number of aryl methyl sites for hydroxylation is 1. The van der Waals surface area contributed by atoms with E-state index in [-0.39, 0.29) is 17.1 Å². The van der Waals surface area contributed by atoms with Crippen LogP contribution in [0, 0.1) is 6.92 Å². The molecular formula is C8H7N3O2S. The number of hydrogen-bond acceptors (Lipinski definition) is 5. The number of rotatable bonds is 1.